The third-order valence-corrected chi connectivity index (χ3v) is 3.69. The van der Waals surface area contributed by atoms with Crippen LogP contribution in [0.25, 0.3) is 0 Å². The number of aromatic nitrogens is 1. The second-order valence-corrected chi connectivity index (χ2v) is 5.32. The smallest absolute Gasteiger partial charge is 0.396 e. The van der Waals surface area contributed by atoms with Gasteiger partial charge in [-0.25, -0.2) is 4.98 Å². The number of halogens is 3. The Kier molecular flexibility index (Phi) is 5.41. The second kappa shape index (κ2) is 7.09. The van der Waals surface area contributed by atoms with E-state index in [0.717, 1.165) is 32.0 Å². The van der Waals surface area contributed by atoms with Gasteiger partial charge in [-0.2, -0.15) is 13.2 Å². The molecule has 1 saturated heterocycles. The first-order valence-electron chi connectivity index (χ1n) is 7.10. The molecule has 0 spiro atoms. The zero-order valence-corrected chi connectivity index (χ0v) is 11.7. The van der Waals surface area contributed by atoms with Gasteiger partial charge in [0.25, 0.3) is 0 Å². The summed E-state index contributed by atoms with van der Waals surface area (Å²) < 4.78 is 38.4. The quantitative estimate of drug-likeness (QED) is 0.875. The molecule has 21 heavy (non-hydrogen) atoms. The lowest BCUT2D eigenvalue weighted by molar-refractivity contribution is -0.137. The molecule has 7 heteroatoms. The van der Waals surface area contributed by atoms with Crippen LogP contribution in [0.15, 0.2) is 18.3 Å². The van der Waals surface area contributed by atoms with Crippen molar-refractivity contribution in [2.45, 2.75) is 19.0 Å². The maximum Gasteiger partial charge on any atom is 0.419 e. The van der Waals surface area contributed by atoms with Crippen molar-refractivity contribution in [1.82, 2.24) is 9.88 Å². The van der Waals surface area contributed by atoms with E-state index in [1.54, 1.807) is 0 Å². The summed E-state index contributed by atoms with van der Waals surface area (Å²) in [6, 6.07) is 2.31. The van der Waals surface area contributed by atoms with Crippen LogP contribution in [0.4, 0.5) is 19.0 Å². The van der Waals surface area contributed by atoms with Crippen LogP contribution >= 0.6 is 0 Å². The molecule has 1 atom stereocenters. The lowest BCUT2D eigenvalue weighted by Gasteiger charge is -2.31. The summed E-state index contributed by atoms with van der Waals surface area (Å²) in [5.74, 6) is 0.153. The topological polar surface area (TPSA) is 48.4 Å². The van der Waals surface area contributed by atoms with E-state index < -0.39 is 11.7 Å². The molecule has 0 saturated carbocycles. The molecule has 0 radical (unpaired) electrons. The van der Waals surface area contributed by atoms with Crippen molar-refractivity contribution in [2.75, 3.05) is 38.1 Å². The molecule has 4 nitrogen and oxygen atoms in total. The molecule has 1 aromatic rings. The molecule has 1 aromatic heterocycles. The maximum absolute atomic E-state index is 12.8. The van der Waals surface area contributed by atoms with Crippen LogP contribution in [0.5, 0.6) is 0 Å². The molecule has 0 bridgehead atoms. The van der Waals surface area contributed by atoms with Gasteiger partial charge in [-0.05, 0) is 37.4 Å². The highest BCUT2D eigenvalue weighted by atomic mass is 19.4. The Balaban J connectivity index is 1.86. The normalized spacial score (nSPS) is 20.5. The predicted octanol–water partition coefficient (Wildman–Crippen LogP) is 2.22. The Morgan fingerprint density at radius 3 is 2.95 bits per heavy atom. The van der Waals surface area contributed by atoms with Crippen molar-refractivity contribution in [3.8, 4) is 0 Å². The van der Waals surface area contributed by atoms with Crippen molar-refractivity contribution >= 4 is 5.82 Å². The number of hydrogen-bond acceptors (Lipinski definition) is 4. The number of pyridine rings is 1. The average molecular weight is 303 g/mol. The molecule has 2 N–H and O–H groups in total. The van der Waals surface area contributed by atoms with E-state index in [1.165, 1.54) is 12.3 Å². The number of nitrogens with zero attached hydrogens (tertiary/aromatic N) is 2. The molecule has 118 valence electrons. The zero-order chi connectivity index (χ0) is 15.3. The fourth-order valence-corrected chi connectivity index (χ4v) is 2.61. The largest absolute Gasteiger partial charge is 0.419 e. The minimum atomic E-state index is -4.40. The Labute approximate surface area is 122 Å². The van der Waals surface area contributed by atoms with E-state index in [1.807, 2.05) is 0 Å². The minimum absolute atomic E-state index is 0.124. The SMILES string of the molecule is OC[C@H]1CCCN(CCNc2ncccc2C(F)(F)F)C1. The predicted molar refractivity (Wildman–Crippen MR) is 74.0 cm³/mol. The number of aliphatic hydroxyl groups is 1. The third-order valence-electron chi connectivity index (χ3n) is 3.69. The minimum Gasteiger partial charge on any atom is -0.396 e. The second-order valence-electron chi connectivity index (χ2n) is 5.32. The van der Waals surface area contributed by atoms with E-state index >= 15 is 0 Å². The maximum atomic E-state index is 12.8. The molecule has 0 aromatic carbocycles. The number of likely N-dealkylation sites (tertiary alicyclic amines) is 1. The molecule has 1 aliphatic heterocycles. The first-order valence-corrected chi connectivity index (χ1v) is 7.10. The number of rotatable bonds is 5. The van der Waals surface area contributed by atoms with Gasteiger partial charge in [0.05, 0.1) is 5.56 Å². The number of aliphatic hydroxyl groups excluding tert-OH is 1. The number of piperidine rings is 1. The van der Waals surface area contributed by atoms with Crippen LogP contribution in [0.3, 0.4) is 0 Å². The lowest BCUT2D eigenvalue weighted by atomic mass is 9.99. The molecule has 1 fully saturated rings. The van der Waals surface area contributed by atoms with Gasteiger partial charge in [0, 0.05) is 32.4 Å². The molecule has 0 aliphatic carbocycles. The molecular weight excluding hydrogens is 283 g/mol. The molecule has 0 amide bonds. The summed E-state index contributed by atoms with van der Waals surface area (Å²) in [5, 5.41) is 11.9. The fourth-order valence-electron chi connectivity index (χ4n) is 2.61. The molecule has 1 aliphatic rings. The van der Waals surface area contributed by atoms with Crippen molar-refractivity contribution in [3.05, 3.63) is 23.9 Å². The Morgan fingerprint density at radius 1 is 1.43 bits per heavy atom. The summed E-state index contributed by atoms with van der Waals surface area (Å²) in [5.41, 5.74) is -0.739. The number of anilines is 1. The van der Waals surface area contributed by atoms with E-state index in [-0.39, 0.29) is 18.3 Å². The van der Waals surface area contributed by atoms with Crippen molar-refractivity contribution in [2.24, 2.45) is 5.92 Å². The fraction of sp³-hybridized carbons (Fsp3) is 0.643. The van der Waals surface area contributed by atoms with Crippen molar-refractivity contribution in [1.29, 1.82) is 0 Å². The Hall–Kier alpha value is -1.34. The van der Waals surface area contributed by atoms with Crippen LogP contribution in [0.1, 0.15) is 18.4 Å². The van der Waals surface area contributed by atoms with E-state index in [0.29, 0.717) is 13.1 Å². The summed E-state index contributed by atoms with van der Waals surface area (Å²) >= 11 is 0. The van der Waals surface area contributed by atoms with Crippen molar-refractivity contribution < 1.29 is 18.3 Å². The molecular formula is C14H20F3N3O. The van der Waals surface area contributed by atoms with Crippen LogP contribution in [0, 0.1) is 5.92 Å². The van der Waals surface area contributed by atoms with Gasteiger partial charge in [-0.3, -0.25) is 0 Å². The van der Waals surface area contributed by atoms with Gasteiger partial charge in [0.15, 0.2) is 0 Å². The van der Waals surface area contributed by atoms with Crippen LogP contribution in [0.2, 0.25) is 0 Å². The number of alkyl halides is 3. The molecule has 0 unspecified atom stereocenters. The lowest BCUT2D eigenvalue weighted by Crippen LogP contribution is -2.39. The monoisotopic (exact) mass is 303 g/mol. The van der Waals surface area contributed by atoms with E-state index in [2.05, 4.69) is 15.2 Å². The van der Waals surface area contributed by atoms with Gasteiger partial charge >= 0.3 is 6.18 Å². The molecule has 2 rings (SSSR count). The highest BCUT2D eigenvalue weighted by Gasteiger charge is 2.34. The average Bonchev–Trinajstić information content (AvgIpc) is 2.47. The van der Waals surface area contributed by atoms with Gasteiger partial charge in [0.1, 0.15) is 5.82 Å². The van der Waals surface area contributed by atoms with E-state index in [4.69, 9.17) is 5.11 Å². The van der Waals surface area contributed by atoms with Crippen LogP contribution in [-0.4, -0.2) is 47.8 Å². The number of hydrogen-bond donors (Lipinski definition) is 2. The highest BCUT2D eigenvalue weighted by molar-refractivity contribution is 5.45. The highest BCUT2D eigenvalue weighted by Crippen LogP contribution is 2.33. The van der Waals surface area contributed by atoms with Crippen LogP contribution in [-0.2, 0) is 6.18 Å². The summed E-state index contributed by atoms with van der Waals surface area (Å²) in [7, 11) is 0. The first kappa shape index (κ1) is 16.0. The summed E-state index contributed by atoms with van der Waals surface area (Å²) in [6.45, 7) is 2.93. The zero-order valence-electron chi connectivity index (χ0n) is 11.7. The number of nitrogens with one attached hydrogen (secondary N) is 1. The summed E-state index contributed by atoms with van der Waals surface area (Å²) in [6.07, 6.45) is -1.02. The van der Waals surface area contributed by atoms with E-state index in [9.17, 15) is 13.2 Å². The van der Waals surface area contributed by atoms with Gasteiger partial charge in [-0.1, -0.05) is 0 Å². The van der Waals surface area contributed by atoms with Gasteiger partial charge < -0.3 is 15.3 Å². The van der Waals surface area contributed by atoms with Crippen LogP contribution < -0.4 is 5.32 Å². The van der Waals surface area contributed by atoms with Gasteiger partial charge in [0.2, 0.25) is 0 Å². The van der Waals surface area contributed by atoms with Crippen molar-refractivity contribution in [3.63, 3.8) is 0 Å². The third kappa shape index (κ3) is 4.57. The first-order chi connectivity index (χ1) is 10.0. The molecule has 2 heterocycles. The Bertz CT molecular complexity index is 453. The van der Waals surface area contributed by atoms with Gasteiger partial charge in [-0.15, -0.1) is 0 Å². The Morgan fingerprint density at radius 2 is 2.24 bits per heavy atom. The standard InChI is InChI=1S/C14H20F3N3O/c15-14(16,17)12-4-1-5-18-13(12)19-6-8-20-7-2-3-11(9-20)10-21/h1,4-5,11,21H,2-3,6-10H2,(H,18,19)/t11-/m0/s1. The summed E-state index contributed by atoms with van der Waals surface area (Å²) in [4.78, 5) is 5.93.